The Bertz CT molecular complexity index is 279. The molecule has 70 valence electrons. The molecule has 2 unspecified atom stereocenters. The summed E-state index contributed by atoms with van der Waals surface area (Å²) in [6.45, 7) is 3.11. The maximum absolute atomic E-state index is 5.81. The summed E-state index contributed by atoms with van der Waals surface area (Å²) >= 11 is 5.81. The Morgan fingerprint density at radius 3 is 2.54 bits per heavy atom. The molecule has 2 rings (SSSR count). The van der Waals surface area contributed by atoms with Crippen molar-refractivity contribution >= 4 is 11.6 Å². The number of hydrogen-bond donors (Lipinski definition) is 0. The van der Waals surface area contributed by atoms with Crippen molar-refractivity contribution in [2.75, 3.05) is 6.61 Å². The number of rotatable bonds is 2. The van der Waals surface area contributed by atoms with Crippen LogP contribution in [0.5, 0.6) is 0 Å². The quantitative estimate of drug-likeness (QED) is 0.704. The number of benzene rings is 1. The predicted octanol–water partition coefficient (Wildman–Crippen LogP) is 3.44. The van der Waals surface area contributed by atoms with E-state index in [0.29, 0.717) is 12.0 Å². The van der Waals surface area contributed by atoms with Crippen molar-refractivity contribution in [1.82, 2.24) is 0 Å². The molecule has 1 fully saturated rings. The van der Waals surface area contributed by atoms with E-state index in [1.807, 2.05) is 12.1 Å². The first kappa shape index (κ1) is 9.04. The van der Waals surface area contributed by atoms with Crippen LogP contribution in [0.2, 0.25) is 5.02 Å². The summed E-state index contributed by atoms with van der Waals surface area (Å²) in [5, 5.41) is 0.788. The van der Waals surface area contributed by atoms with Crippen molar-refractivity contribution in [1.29, 1.82) is 0 Å². The first-order chi connectivity index (χ1) is 6.31. The van der Waals surface area contributed by atoms with E-state index in [-0.39, 0.29) is 0 Å². The lowest BCUT2D eigenvalue weighted by molar-refractivity contribution is -0.119. The van der Waals surface area contributed by atoms with Crippen molar-refractivity contribution < 1.29 is 4.74 Å². The van der Waals surface area contributed by atoms with Crippen LogP contribution in [-0.2, 0) is 4.74 Å². The lowest BCUT2D eigenvalue weighted by Crippen LogP contribution is -2.31. The second kappa shape index (κ2) is 3.69. The van der Waals surface area contributed by atoms with Gasteiger partial charge in [-0.15, -0.1) is 0 Å². The molecule has 0 bridgehead atoms. The van der Waals surface area contributed by atoms with Crippen molar-refractivity contribution in [2.24, 2.45) is 5.92 Å². The van der Waals surface area contributed by atoms with Crippen LogP contribution in [0, 0.1) is 5.92 Å². The Morgan fingerprint density at radius 2 is 2.08 bits per heavy atom. The van der Waals surface area contributed by atoms with Gasteiger partial charge in [0.1, 0.15) is 0 Å². The monoisotopic (exact) mass is 196 g/mol. The molecule has 1 aromatic rings. The van der Waals surface area contributed by atoms with E-state index in [2.05, 4.69) is 19.1 Å². The zero-order chi connectivity index (χ0) is 9.26. The molecular formula is C11H13ClO. The zero-order valence-corrected chi connectivity index (χ0v) is 8.42. The first-order valence-electron chi connectivity index (χ1n) is 4.68. The van der Waals surface area contributed by atoms with Crippen LogP contribution in [0.3, 0.4) is 0 Å². The van der Waals surface area contributed by atoms with Crippen molar-refractivity contribution in [2.45, 2.75) is 19.4 Å². The lowest BCUT2D eigenvalue weighted by atomic mass is 9.90. The van der Waals surface area contributed by atoms with Gasteiger partial charge in [-0.05, 0) is 24.1 Å². The minimum atomic E-state index is 0.308. The molecule has 1 aliphatic rings. The average Bonchev–Trinajstić information content (AvgIpc) is 2.08. The highest BCUT2D eigenvalue weighted by atomic mass is 35.5. The van der Waals surface area contributed by atoms with Crippen molar-refractivity contribution in [3.05, 3.63) is 34.9 Å². The zero-order valence-electron chi connectivity index (χ0n) is 7.66. The minimum Gasteiger partial charge on any atom is -0.373 e. The molecule has 0 aliphatic carbocycles. The maximum Gasteiger partial charge on any atom is 0.0875 e. The number of hydrogen-bond acceptors (Lipinski definition) is 1. The van der Waals surface area contributed by atoms with Crippen LogP contribution in [0.15, 0.2) is 24.3 Å². The van der Waals surface area contributed by atoms with E-state index >= 15 is 0 Å². The van der Waals surface area contributed by atoms with Crippen molar-refractivity contribution in [3.63, 3.8) is 0 Å². The minimum absolute atomic E-state index is 0.308. The van der Waals surface area contributed by atoms with E-state index in [4.69, 9.17) is 16.3 Å². The summed E-state index contributed by atoms with van der Waals surface area (Å²) in [5.74, 6) is 0.696. The lowest BCUT2D eigenvalue weighted by Gasteiger charge is -2.36. The number of halogens is 1. The van der Waals surface area contributed by atoms with Gasteiger partial charge in [0.05, 0.1) is 12.7 Å². The highest BCUT2D eigenvalue weighted by molar-refractivity contribution is 6.30. The van der Waals surface area contributed by atoms with Gasteiger partial charge < -0.3 is 4.74 Å². The van der Waals surface area contributed by atoms with Crippen LogP contribution >= 0.6 is 11.6 Å². The SMILES string of the molecule is CCC1COC1c1ccc(Cl)cc1. The maximum atomic E-state index is 5.81. The highest BCUT2D eigenvalue weighted by Gasteiger charge is 2.31. The number of ether oxygens (including phenoxy) is 1. The molecule has 1 aromatic carbocycles. The largest absolute Gasteiger partial charge is 0.373 e. The Labute approximate surface area is 83.7 Å². The fraction of sp³-hybridized carbons (Fsp3) is 0.455. The molecule has 0 saturated carbocycles. The Hall–Kier alpha value is -0.530. The molecule has 1 heterocycles. The third kappa shape index (κ3) is 1.72. The summed E-state index contributed by atoms with van der Waals surface area (Å²) in [6, 6.07) is 7.94. The van der Waals surface area contributed by atoms with E-state index in [1.165, 1.54) is 12.0 Å². The van der Waals surface area contributed by atoms with Gasteiger partial charge in [-0.2, -0.15) is 0 Å². The summed E-state index contributed by atoms with van der Waals surface area (Å²) in [6.07, 6.45) is 1.50. The van der Waals surface area contributed by atoms with Crippen LogP contribution in [0.25, 0.3) is 0 Å². The van der Waals surface area contributed by atoms with E-state index in [9.17, 15) is 0 Å². The molecule has 1 nitrogen and oxygen atoms in total. The average molecular weight is 197 g/mol. The second-order valence-electron chi connectivity index (χ2n) is 3.47. The molecule has 2 atom stereocenters. The smallest absolute Gasteiger partial charge is 0.0875 e. The normalized spacial score (nSPS) is 26.9. The molecule has 1 saturated heterocycles. The van der Waals surface area contributed by atoms with Gasteiger partial charge in [-0.25, -0.2) is 0 Å². The van der Waals surface area contributed by atoms with Gasteiger partial charge >= 0.3 is 0 Å². The summed E-state index contributed by atoms with van der Waals surface area (Å²) < 4.78 is 5.52. The summed E-state index contributed by atoms with van der Waals surface area (Å²) in [7, 11) is 0. The van der Waals surface area contributed by atoms with Crippen LogP contribution in [-0.4, -0.2) is 6.61 Å². The molecule has 0 spiro atoms. The van der Waals surface area contributed by atoms with Gasteiger partial charge in [0.2, 0.25) is 0 Å². The Balaban J connectivity index is 2.12. The molecular weight excluding hydrogens is 184 g/mol. The predicted molar refractivity (Wildman–Crippen MR) is 53.9 cm³/mol. The highest BCUT2D eigenvalue weighted by Crippen LogP contribution is 2.37. The van der Waals surface area contributed by atoms with Gasteiger partial charge in [-0.3, -0.25) is 0 Å². The molecule has 13 heavy (non-hydrogen) atoms. The van der Waals surface area contributed by atoms with Gasteiger partial charge in [-0.1, -0.05) is 30.7 Å². The van der Waals surface area contributed by atoms with Gasteiger partial charge in [0.15, 0.2) is 0 Å². The van der Waals surface area contributed by atoms with Crippen LogP contribution < -0.4 is 0 Å². The van der Waals surface area contributed by atoms with Crippen molar-refractivity contribution in [3.8, 4) is 0 Å². The summed E-state index contributed by atoms with van der Waals surface area (Å²) in [5.41, 5.74) is 1.25. The molecule has 1 aliphatic heterocycles. The second-order valence-corrected chi connectivity index (χ2v) is 3.91. The van der Waals surface area contributed by atoms with Crippen LogP contribution in [0.4, 0.5) is 0 Å². The third-order valence-corrected chi connectivity index (χ3v) is 2.89. The molecule has 0 aromatic heterocycles. The summed E-state index contributed by atoms with van der Waals surface area (Å²) in [4.78, 5) is 0. The van der Waals surface area contributed by atoms with Gasteiger partial charge in [0, 0.05) is 10.9 Å². The van der Waals surface area contributed by atoms with Crippen LogP contribution in [0.1, 0.15) is 25.0 Å². The fourth-order valence-electron chi connectivity index (χ4n) is 1.68. The first-order valence-corrected chi connectivity index (χ1v) is 5.06. The fourth-order valence-corrected chi connectivity index (χ4v) is 1.81. The topological polar surface area (TPSA) is 9.23 Å². The van der Waals surface area contributed by atoms with E-state index in [0.717, 1.165) is 11.6 Å². The molecule has 2 heteroatoms. The molecule has 0 radical (unpaired) electrons. The van der Waals surface area contributed by atoms with E-state index < -0.39 is 0 Å². The Morgan fingerprint density at radius 1 is 1.38 bits per heavy atom. The molecule has 0 N–H and O–H groups in total. The molecule has 0 amide bonds. The third-order valence-electron chi connectivity index (χ3n) is 2.64. The van der Waals surface area contributed by atoms with E-state index in [1.54, 1.807) is 0 Å². The standard InChI is InChI=1S/C11H13ClO/c1-2-8-7-13-11(8)9-3-5-10(12)6-4-9/h3-6,8,11H,2,7H2,1H3. The van der Waals surface area contributed by atoms with Gasteiger partial charge in [0.25, 0.3) is 0 Å². The Kier molecular flexibility index (Phi) is 2.56.